The summed E-state index contributed by atoms with van der Waals surface area (Å²) in [5.41, 5.74) is 5.91. The van der Waals surface area contributed by atoms with Crippen LogP contribution < -0.4 is 11.6 Å². The fourth-order valence-electron chi connectivity index (χ4n) is 3.60. The highest BCUT2D eigenvalue weighted by Gasteiger charge is 2.31. The Morgan fingerprint density at radius 3 is 2.60 bits per heavy atom. The standard InChI is InChI=1S/C22H27F4N7O2/c1-15(27)30-33(28)12-17-10-18(22(24,25)26)4-2-16(17)3-5-21(34)32-8-6-31(7-9-32)13-19-14-35-20(11-23)29-19/h2-5,10,14H,6-9,11-13,28H2,1H3,(H2,27,30)/b5-3+. The topological polar surface area (TPSA) is 117 Å². The molecular weight excluding hydrogens is 470 g/mol. The summed E-state index contributed by atoms with van der Waals surface area (Å²) in [7, 11) is 0. The largest absolute Gasteiger partial charge is 0.446 e. The number of hydrazine groups is 1. The van der Waals surface area contributed by atoms with E-state index < -0.39 is 18.4 Å². The zero-order valence-electron chi connectivity index (χ0n) is 19.1. The number of rotatable bonds is 8. The number of alkyl halides is 4. The number of carbonyl (C=O) groups is 1. The normalized spacial score (nSPS) is 15.7. The zero-order valence-corrected chi connectivity index (χ0v) is 19.1. The molecule has 9 nitrogen and oxygen atoms in total. The Bertz CT molecular complexity index is 1070. The lowest BCUT2D eigenvalue weighted by molar-refractivity contribution is -0.137. The Hall–Kier alpha value is -3.45. The lowest BCUT2D eigenvalue weighted by atomic mass is 10.0. The van der Waals surface area contributed by atoms with Gasteiger partial charge in [-0.1, -0.05) is 6.07 Å². The highest BCUT2D eigenvalue weighted by atomic mass is 19.4. The van der Waals surface area contributed by atoms with Gasteiger partial charge in [0.1, 0.15) is 12.1 Å². The summed E-state index contributed by atoms with van der Waals surface area (Å²) < 4.78 is 57.1. The van der Waals surface area contributed by atoms with Crippen LogP contribution in [0.1, 0.15) is 35.2 Å². The molecule has 0 atom stereocenters. The monoisotopic (exact) mass is 497 g/mol. The molecule has 1 aliphatic heterocycles. The molecule has 4 N–H and O–H groups in total. The quantitative estimate of drug-likeness (QED) is 0.144. The molecule has 1 aliphatic rings. The molecule has 0 bridgehead atoms. The predicted molar refractivity (Wildman–Crippen MR) is 121 cm³/mol. The summed E-state index contributed by atoms with van der Waals surface area (Å²) in [5.74, 6) is 5.65. The number of hydrazone groups is 1. The number of nitrogens with two attached hydrogens (primary N) is 2. The first-order valence-corrected chi connectivity index (χ1v) is 10.8. The summed E-state index contributed by atoms with van der Waals surface area (Å²) in [6.07, 6.45) is -0.325. The van der Waals surface area contributed by atoms with E-state index in [1.54, 1.807) is 4.90 Å². The number of halogens is 4. The van der Waals surface area contributed by atoms with Gasteiger partial charge in [0.05, 0.1) is 17.8 Å². The van der Waals surface area contributed by atoms with E-state index in [9.17, 15) is 22.4 Å². The van der Waals surface area contributed by atoms with E-state index >= 15 is 0 Å². The Morgan fingerprint density at radius 2 is 2.00 bits per heavy atom. The molecule has 0 aliphatic carbocycles. The van der Waals surface area contributed by atoms with E-state index in [1.165, 1.54) is 31.4 Å². The first-order valence-electron chi connectivity index (χ1n) is 10.8. The molecule has 0 radical (unpaired) electrons. The second-order valence-corrected chi connectivity index (χ2v) is 8.05. The van der Waals surface area contributed by atoms with E-state index in [2.05, 4.69) is 15.0 Å². The van der Waals surface area contributed by atoms with Gasteiger partial charge < -0.3 is 15.1 Å². The molecule has 2 heterocycles. The molecule has 0 spiro atoms. The van der Waals surface area contributed by atoms with Crippen molar-refractivity contribution >= 4 is 17.8 Å². The number of nitrogens with zero attached hydrogens (tertiary/aromatic N) is 5. The highest BCUT2D eigenvalue weighted by Crippen LogP contribution is 2.31. The van der Waals surface area contributed by atoms with Crippen molar-refractivity contribution in [2.24, 2.45) is 16.7 Å². The first kappa shape index (κ1) is 26.2. The van der Waals surface area contributed by atoms with Gasteiger partial charge in [-0.2, -0.15) is 13.2 Å². The molecule has 2 aromatic rings. The lowest BCUT2D eigenvalue weighted by Crippen LogP contribution is -2.47. The maximum Gasteiger partial charge on any atom is 0.416 e. The molecule has 13 heteroatoms. The van der Waals surface area contributed by atoms with Gasteiger partial charge in [-0.15, -0.1) is 5.10 Å². The molecule has 1 fully saturated rings. The van der Waals surface area contributed by atoms with Crippen LogP contribution in [0.3, 0.4) is 0 Å². The molecule has 1 amide bonds. The van der Waals surface area contributed by atoms with Gasteiger partial charge in [-0.05, 0) is 36.3 Å². The molecule has 3 rings (SSSR count). The van der Waals surface area contributed by atoms with Crippen molar-refractivity contribution in [2.75, 3.05) is 26.2 Å². The van der Waals surface area contributed by atoms with Crippen LogP contribution >= 0.6 is 0 Å². The summed E-state index contributed by atoms with van der Waals surface area (Å²) >= 11 is 0. The number of amidine groups is 1. The zero-order chi connectivity index (χ0) is 25.6. The van der Waals surface area contributed by atoms with Crippen LogP contribution in [0.15, 0.2) is 40.1 Å². The SMILES string of the molecule is C/C(N)=N/N(N)Cc1cc(C(F)(F)F)ccc1/C=C/C(=O)N1CCN(Cc2coc(CF)n2)CC1. The maximum absolute atomic E-state index is 13.2. The Balaban J connectivity index is 1.64. The molecule has 35 heavy (non-hydrogen) atoms. The molecule has 1 aromatic heterocycles. The van der Waals surface area contributed by atoms with Gasteiger partial charge in [0.2, 0.25) is 11.8 Å². The summed E-state index contributed by atoms with van der Waals surface area (Å²) in [4.78, 5) is 20.4. The van der Waals surface area contributed by atoms with Crippen molar-refractivity contribution in [1.29, 1.82) is 0 Å². The maximum atomic E-state index is 13.2. The van der Waals surface area contributed by atoms with E-state index in [1.807, 2.05) is 0 Å². The van der Waals surface area contributed by atoms with Gasteiger partial charge in [0, 0.05) is 38.8 Å². The van der Waals surface area contributed by atoms with Gasteiger partial charge >= 0.3 is 6.18 Å². The van der Waals surface area contributed by atoms with E-state index in [0.29, 0.717) is 44.0 Å². The number of carbonyl (C=O) groups excluding carboxylic acids is 1. The summed E-state index contributed by atoms with van der Waals surface area (Å²) in [6.45, 7) is 3.16. The van der Waals surface area contributed by atoms with Gasteiger partial charge in [0.25, 0.3) is 0 Å². The minimum atomic E-state index is -4.53. The molecular formula is C22H27F4N7O2. The molecule has 190 valence electrons. The number of amides is 1. The van der Waals surface area contributed by atoms with Crippen molar-refractivity contribution in [3.8, 4) is 0 Å². The van der Waals surface area contributed by atoms with Crippen LogP contribution in [0.2, 0.25) is 0 Å². The number of aromatic nitrogens is 1. The third-order valence-electron chi connectivity index (χ3n) is 5.28. The molecule has 0 unspecified atom stereocenters. The number of hydrogen-bond acceptors (Lipinski definition) is 7. The van der Waals surface area contributed by atoms with Crippen LogP contribution in [0, 0.1) is 0 Å². The number of oxazole rings is 1. The van der Waals surface area contributed by atoms with Crippen molar-refractivity contribution in [1.82, 2.24) is 19.9 Å². The fourth-order valence-corrected chi connectivity index (χ4v) is 3.60. The molecule has 1 saturated heterocycles. The molecule has 1 aromatic carbocycles. The summed E-state index contributed by atoms with van der Waals surface area (Å²) in [6, 6.07) is 3.21. The minimum absolute atomic E-state index is 0.0318. The van der Waals surface area contributed by atoms with Crippen molar-refractivity contribution in [3.05, 3.63) is 58.8 Å². The van der Waals surface area contributed by atoms with Crippen molar-refractivity contribution < 1.29 is 26.8 Å². The third-order valence-corrected chi connectivity index (χ3v) is 5.28. The Labute approximate surface area is 199 Å². The van der Waals surface area contributed by atoms with E-state index in [4.69, 9.17) is 16.0 Å². The lowest BCUT2D eigenvalue weighted by Gasteiger charge is -2.33. The average molecular weight is 497 g/mol. The Morgan fingerprint density at radius 1 is 1.29 bits per heavy atom. The van der Waals surface area contributed by atoms with Gasteiger partial charge in [0.15, 0.2) is 6.67 Å². The number of benzene rings is 1. The Kier molecular flexibility index (Phi) is 8.46. The minimum Gasteiger partial charge on any atom is -0.446 e. The van der Waals surface area contributed by atoms with Crippen LogP contribution in [-0.2, 0) is 30.7 Å². The third kappa shape index (κ3) is 7.52. The van der Waals surface area contributed by atoms with Crippen LogP contribution in [0.4, 0.5) is 17.6 Å². The van der Waals surface area contributed by atoms with Crippen molar-refractivity contribution in [2.45, 2.75) is 32.9 Å². The van der Waals surface area contributed by atoms with Crippen LogP contribution in [0.25, 0.3) is 6.08 Å². The van der Waals surface area contributed by atoms with Crippen LogP contribution in [-0.4, -0.2) is 57.8 Å². The predicted octanol–water partition coefficient (Wildman–Crippen LogP) is 2.49. The van der Waals surface area contributed by atoms with Crippen molar-refractivity contribution in [3.63, 3.8) is 0 Å². The average Bonchev–Trinajstić information content (AvgIpc) is 3.24. The summed E-state index contributed by atoms with van der Waals surface area (Å²) in [5, 5.41) is 4.75. The van der Waals surface area contributed by atoms with E-state index in [0.717, 1.165) is 17.3 Å². The second-order valence-electron chi connectivity index (χ2n) is 8.05. The molecule has 0 saturated carbocycles. The smallest absolute Gasteiger partial charge is 0.416 e. The van der Waals surface area contributed by atoms with Gasteiger partial charge in [-0.3, -0.25) is 9.69 Å². The highest BCUT2D eigenvalue weighted by molar-refractivity contribution is 5.92. The fraction of sp³-hybridized carbons (Fsp3) is 0.409. The second kappa shape index (κ2) is 11.3. The van der Waals surface area contributed by atoms with Crippen LogP contribution in [0.5, 0.6) is 0 Å². The number of hydrogen-bond donors (Lipinski definition) is 2. The van der Waals surface area contributed by atoms with E-state index in [-0.39, 0.29) is 29.7 Å². The number of piperazine rings is 1. The van der Waals surface area contributed by atoms with Gasteiger partial charge in [-0.25, -0.2) is 20.3 Å². The first-order chi connectivity index (χ1) is 16.5.